The van der Waals surface area contributed by atoms with Crippen molar-refractivity contribution >= 4 is 0 Å². The van der Waals surface area contributed by atoms with Crippen LogP contribution in [0.1, 0.15) is 47.0 Å². The van der Waals surface area contributed by atoms with E-state index in [0.717, 1.165) is 13.0 Å². The van der Waals surface area contributed by atoms with E-state index >= 15 is 0 Å². The lowest BCUT2D eigenvalue weighted by molar-refractivity contribution is -0.0738. The normalized spacial score (nSPS) is 26.3. The van der Waals surface area contributed by atoms with Crippen molar-refractivity contribution in [2.24, 2.45) is 0 Å². The average Bonchev–Trinajstić information content (AvgIpc) is 2.50. The van der Waals surface area contributed by atoms with Gasteiger partial charge in [0, 0.05) is 6.04 Å². The molecular formula is C11H23NO. The van der Waals surface area contributed by atoms with E-state index in [9.17, 15) is 0 Å². The first-order chi connectivity index (χ1) is 6.03. The first-order valence-corrected chi connectivity index (χ1v) is 5.44. The highest BCUT2D eigenvalue weighted by molar-refractivity contribution is 4.83. The molecule has 0 unspecified atom stereocenters. The minimum Gasteiger partial charge on any atom is -0.371 e. The molecule has 0 spiro atoms. The number of hydrogen-bond acceptors (Lipinski definition) is 2. The summed E-state index contributed by atoms with van der Waals surface area (Å²) in [6.45, 7) is 9.75. The summed E-state index contributed by atoms with van der Waals surface area (Å²) < 4.78 is 6.01. The summed E-state index contributed by atoms with van der Waals surface area (Å²) >= 11 is 0. The molecule has 0 aromatic carbocycles. The highest BCUT2D eigenvalue weighted by atomic mass is 16.5. The van der Waals surface area contributed by atoms with E-state index in [-0.39, 0.29) is 5.60 Å². The molecule has 1 heterocycles. The molecule has 1 aliphatic heterocycles. The zero-order chi connectivity index (χ0) is 9.90. The van der Waals surface area contributed by atoms with Crippen LogP contribution >= 0.6 is 0 Å². The Hall–Kier alpha value is -0.0800. The molecule has 0 saturated carbocycles. The number of rotatable bonds is 3. The summed E-state index contributed by atoms with van der Waals surface area (Å²) in [5, 5.41) is 3.51. The van der Waals surface area contributed by atoms with Crippen molar-refractivity contribution < 1.29 is 4.74 Å². The van der Waals surface area contributed by atoms with E-state index in [0.29, 0.717) is 12.1 Å². The molecule has 0 amide bonds. The highest BCUT2D eigenvalue weighted by Crippen LogP contribution is 2.20. The summed E-state index contributed by atoms with van der Waals surface area (Å²) in [5.74, 6) is 0. The van der Waals surface area contributed by atoms with Crippen molar-refractivity contribution in [1.82, 2.24) is 5.32 Å². The van der Waals surface area contributed by atoms with Crippen molar-refractivity contribution in [3.8, 4) is 0 Å². The second-order valence-electron chi connectivity index (χ2n) is 4.88. The van der Waals surface area contributed by atoms with Crippen molar-refractivity contribution in [2.75, 3.05) is 6.54 Å². The predicted molar refractivity (Wildman–Crippen MR) is 55.9 cm³/mol. The van der Waals surface area contributed by atoms with Crippen molar-refractivity contribution in [2.45, 2.75) is 64.7 Å². The van der Waals surface area contributed by atoms with Crippen LogP contribution in [-0.4, -0.2) is 24.3 Å². The predicted octanol–water partition coefficient (Wildman–Crippen LogP) is 2.33. The zero-order valence-corrected chi connectivity index (χ0v) is 9.39. The van der Waals surface area contributed by atoms with Crippen LogP contribution in [-0.2, 0) is 4.74 Å². The molecule has 78 valence electrons. The number of hydrogen-bond donors (Lipinski definition) is 1. The average molecular weight is 185 g/mol. The Morgan fingerprint density at radius 3 is 2.54 bits per heavy atom. The Labute approximate surface area is 82.0 Å². The fraction of sp³-hybridized carbons (Fsp3) is 1.00. The smallest absolute Gasteiger partial charge is 0.0732 e. The lowest BCUT2D eigenvalue weighted by Crippen LogP contribution is -2.40. The molecule has 2 atom stereocenters. The number of nitrogens with one attached hydrogen (secondary N) is 1. The minimum atomic E-state index is -0.00898. The second kappa shape index (κ2) is 4.43. The van der Waals surface area contributed by atoms with Gasteiger partial charge in [0.15, 0.2) is 0 Å². The Bertz CT molecular complexity index is 145. The monoisotopic (exact) mass is 185 g/mol. The molecule has 2 nitrogen and oxygen atoms in total. The SMILES string of the molecule is CC[C@H](OC(C)(C)C)[C@H]1CCCN1. The molecular weight excluding hydrogens is 162 g/mol. The molecule has 0 aromatic heterocycles. The van der Waals surface area contributed by atoms with Gasteiger partial charge in [-0.05, 0) is 46.6 Å². The van der Waals surface area contributed by atoms with E-state index in [4.69, 9.17) is 4.74 Å². The van der Waals surface area contributed by atoms with Crippen molar-refractivity contribution in [3.63, 3.8) is 0 Å². The Kier molecular flexibility index (Phi) is 3.74. The molecule has 1 rings (SSSR count). The second-order valence-corrected chi connectivity index (χ2v) is 4.88. The fourth-order valence-electron chi connectivity index (χ4n) is 1.93. The zero-order valence-electron chi connectivity index (χ0n) is 9.39. The lowest BCUT2D eigenvalue weighted by Gasteiger charge is -2.30. The standard InChI is InChI=1S/C11H23NO/c1-5-10(13-11(2,3)4)9-7-6-8-12-9/h9-10,12H,5-8H2,1-4H3/t9-,10+/m1/s1. The van der Waals surface area contributed by atoms with E-state index in [1.54, 1.807) is 0 Å². The fourth-order valence-corrected chi connectivity index (χ4v) is 1.93. The largest absolute Gasteiger partial charge is 0.371 e. The number of ether oxygens (including phenoxy) is 1. The maximum absolute atomic E-state index is 6.01. The Morgan fingerprint density at radius 2 is 2.15 bits per heavy atom. The molecule has 0 aliphatic carbocycles. The molecule has 1 aliphatic rings. The summed E-state index contributed by atoms with van der Waals surface area (Å²) in [4.78, 5) is 0. The van der Waals surface area contributed by atoms with Gasteiger partial charge in [0.1, 0.15) is 0 Å². The van der Waals surface area contributed by atoms with Crippen molar-refractivity contribution in [3.05, 3.63) is 0 Å². The molecule has 1 fully saturated rings. The van der Waals surface area contributed by atoms with Gasteiger partial charge in [0.05, 0.1) is 11.7 Å². The quantitative estimate of drug-likeness (QED) is 0.728. The van der Waals surface area contributed by atoms with Gasteiger partial charge in [-0.15, -0.1) is 0 Å². The molecule has 2 heteroatoms. The van der Waals surface area contributed by atoms with Crippen LogP contribution < -0.4 is 5.32 Å². The lowest BCUT2D eigenvalue weighted by atomic mass is 10.1. The van der Waals surface area contributed by atoms with Crippen LogP contribution in [0.15, 0.2) is 0 Å². The molecule has 1 N–H and O–H groups in total. The van der Waals surface area contributed by atoms with Crippen molar-refractivity contribution in [1.29, 1.82) is 0 Å². The third-order valence-corrected chi connectivity index (χ3v) is 2.45. The van der Waals surface area contributed by atoms with Gasteiger partial charge in [-0.2, -0.15) is 0 Å². The maximum Gasteiger partial charge on any atom is 0.0732 e. The third-order valence-electron chi connectivity index (χ3n) is 2.45. The van der Waals surface area contributed by atoms with Crippen LogP contribution in [0.3, 0.4) is 0 Å². The van der Waals surface area contributed by atoms with Gasteiger partial charge in [-0.25, -0.2) is 0 Å². The van der Waals surface area contributed by atoms with Crippen LogP contribution in [0, 0.1) is 0 Å². The Balaban J connectivity index is 2.42. The van der Waals surface area contributed by atoms with E-state index in [1.807, 2.05) is 0 Å². The summed E-state index contributed by atoms with van der Waals surface area (Å²) in [6, 6.07) is 0.587. The molecule has 0 bridgehead atoms. The van der Waals surface area contributed by atoms with Gasteiger partial charge in [-0.1, -0.05) is 6.92 Å². The third kappa shape index (κ3) is 3.65. The molecule has 0 radical (unpaired) electrons. The van der Waals surface area contributed by atoms with Crippen LogP contribution in [0.25, 0.3) is 0 Å². The van der Waals surface area contributed by atoms with Crippen LogP contribution in [0.4, 0.5) is 0 Å². The molecule has 1 saturated heterocycles. The van der Waals surface area contributed by atoms with Gasteiger partial charge in [0.2, 0.25) is 0 Å². The highest BCUT2D eigenvalue weighted by Gasteiger charge is 2.27. The summed E-state index contributed by atoms with van der Waals surface area (Å²) in [5.41, 5.74) is -0.00898. The molecule has 0 aromatic rings. The maximum atomic E-state index is 6.01. The summed E-state index contributed by atoms with van der Waals surface area (Å²) in [6.07, 6.45) is 4.07. The Morgan fingerprint density at radius 1 is 1.46 bits per heavy atom. The van der Waals surface area contributed by atoms with Gasteiger partial charge >= 0.3 is 0 Å². The topological polar surface area (TPSA) is 21.3 Å². The minimum absolute atomic E-state index is 0.00898. The van der Waals surface area contributed by atoms with Crippen LogP contribution in [0.5, 0.6) is 0 Å². The van der Waals surface area contributed by atoms with E-state index in [2.05, 4.69) is 33.0 Å². The molecule has 13 heavy (non-hydrogen) atoms. The van der Waals surface area contributed by atoms with Gasteiger partial charge in [0.25, 0.3) is 0 Å². The first kappa shape index (κ1) is 11.0. The van der Waals surface area contributed by atoms with E-state index < -0.39 is 0 Å². The van der Waals surface area contributed by atoms with Gasteiger partial charge < -0.3 is 10.1 Å². The summed E-state index contributed by atoms with van der Waals surface area (Å²) in [7, 11) is 0. The van der Waals surface area contributed by atoms with E-state index in [1.165, 1.54) is 12.8 Å². The van der Waals surface area contributed by atoms with Crippen LogP contribution in [0.2, 0.25) is 0 Å². The first-order valence-electron chi connectivity index (χ1n) is 5.44. The van der Waals surface area contributed by atoms with Gasteiger partial charge in [-0.3, -0.25) is 0 Å².